The van der Waals surface area contributed by atoms with Gasteiger partial charge in [-0.15, -0.1) is 11.1 Å². The molecule has 0 saturated carbocycles. The maximum atomic E-state index is 5.65. The van der Waals surface area contributed by atoms with Crippen molar-refractivity contribution in [2.75, 3.05) is 5.75 Å². The Morgan fingerprint density at radius 2 is 1.62 bits per heavy atom. The fraction of sp³-hybridized carbons (Fsp3) is 0.636. The van der Waals surface area contributed by atoms with Gasteiger partial charge in [-0.05, 0) is 40.7 Å². The quantitative estimate of drug-likeness (QED) is 0.525. The van der Waals surface area contributed by atoms with E-state index in [0.29, 0.717) is 5.22 Å². The van der Waals surface area contributed by atoms with E-state index >= 15 is 0 Å². The molecule has 2 unspecified atom stereocenters. The lowest BCUT2D eigenvalue weighted by Gasteiger charge is -2.31. The minimum atomic E-state index is -0.965. The maximum absolute atomic E-state index is 5.65. The molecule has 0 N–H and O–H groups in total. The van der Waals surface area contributed by atoms with Crippen molar-refractivity contribution in [2.45, 2.75) is 80.4 Å². The summed E-state index contributed by atoms with van der Waals surface area (Å²) in [5.74, 6) is 1.95. The third kappa shape index (κ3) is 4.41. The first-order valence-electron chi connectivity index (χ1n) is 10.3. The van der Waals surface area contributed by atoms with Crippen LogP contribution in [0.5, 0.6) is 0 Å². The number of thiol groups is 2. The van der Waals surface area contributed by atoms with Crippen LogP contribution in [-0.4, -0.2) is 27.8 Å². The molecule has 2 atom stereocenters. The molecule has 0 aromatic carbocycles. The van der Waals surface area contributed by atoms with Crippen LogP contribution in [0.3, 0.4) is 0 Å². The van der Waals surface area contributed by atoms with E-state index in [1.807, 2.05) is 0 Å². The molecule has 5 nitrogen and oxygen atoms in total. The van der Waals surface area contributed by atoms with Crippen molar-refractivity contribution in [1.29, 1.82) is 0 Å². The smallest absolute Gasteiger partial charge is 0.288 e. The summed E-state index contributed by atoms with van der Waals surface area (Å²) < 4.78 is 15.6. The number of allylic oxidation sites excluding steroid dienone is 3. The predicted molar refractivity (Wildman–Crippen MR) is 130 cm³/mol. The zero-order chi connectivity index (χ0) is 21.7. The summed E-state index contributed by atoms with van der Waals surface area (Å²) >= 11 is -1.56. The van der Waals surface area contributed by atoms with Gasteiger partial charge in [-0.2, -0.15) is 4.98 Å². The first-order chi connectivity index (χ1) is 13.3. The highest BCUT2D eigenvalue weighted by atomic mass is 32.2. The monoisotopic (exact) mass is 436 g/mol. The van der Waals surface area contributed by atoms with Gasteiger partial charge in [0.05, 0.1) is 0 Å². The van der Waals surface area contributed by atoms with Crippen molar-refractivity contribution >= 4 is 34.1 Å². The third-order valence-electron chi connectivity index (χ3n) is 5.14. The summed E-state index contributed by atoms with van der Waals surface area (Å²) in [7, 11) is 0. The molecule has 0 amide bonds. The van der Waals surface area contributed by atoms with Crippen molar-refractivity contribution in [3.63, 3.8) is 0 Å². The fourth-order valence-corrected chi connectivity index (χ4v) is 8.76. The summed E-state index contributed by atoms with van der Waals surface area (Å²) in [5.41, 5.74) is 3.98. The zero-order valence-electron chi connectivity index (χ0n) is 19.5. The molecule has 0 saturated heterocycles. The Morgan fingerprint density at radius 3 is 2.14 bits per heavy atom. The minimum Gasteiger partial charge on any atom is -0.327 e. The van der Waals surface area contributed by atoms with Gasteiger partial charge in [0, 0.05) is 28.5 Å². The van der Waals surface area contributed by atoms with Crippen LogP contribution in [0.1, 0.15) is 81.0 Å². The molecule has 29 heavy (non-hydrogen) atoms. The average Bonchev–Trinajstić information content (AvgIpc) is 3.24. The Labute approximate surface area is 181 Å². The number of aromatic nitrogens is 2. The molecule has 7 heteroatoms. The van der Waals surface area contributed by atoms with E-state index in [2.05, 4.69) is 85.6 Å². The predicted octanol–water partition coefficient (Wildman–Crippen LogP) is 6.56. The Hall–Kier alpha value is -1.34. The molecule has 3 heterocycles. The van der Waals surface area contributed by atoms with Gasteiger partial charge in [0.15, 0.2) is 5.82 Å². The number of hydrogen-bond donors (Lipinski definition) is 2. The highest BCUT2D eigenvalue weighted by molar-refractivity contribution is 8.20. The van der Waals surface area contributed by atoms with Crippen molar-refractivity contribution in [3.05, 3.63) is 26.8 Å². The summed E-state index contributed by atoms with van der Waals surface area (Å²) in [4.78, 5) is 7.53. The highest BCUT2D eigenvalue weighted by Crippen LogP contribution is 2.59. The van der Waals surface area contributed by atoms with Gasteiger partial charge in [0.25, 0.3) is 5.22 Å². The third-order valence-corrected chi connectivity index (χ3v) is 10.1. The second-order valence-electron chi connectivity index (χ2n) is 10.2. The molecular formula is C22H36N4OS2. The maximum Gasteiger partial charge on any atom is 0.288 e. The van der Waals surface area contributed by atoms with Gasteiger partial charge in [-0.3, -0.25) is 0 Å². The van der Waals surface area contributed by atoms with Gasteiger partial charge in [0.1, 0.15) is 0 Å². The summed E-state index contributed by atoms with van der Waals surface area (Å²) in [6, 6.07) is 0. The molecule has 162 valence electrons. The van der Waals surface area contributed by atoms with Crippen molar-refractivity contribution < 1.29 is 4.52 Å². The largest absolute Gasteiger partial charge is 0.327 e. The second kappa shape index (κ2) is 7.73. The number of rotatable bonds is 4. The van der Waals surface area contributed by atoms with Crippen molar-refractivity contribution in [3.8, 4) is 0 Å². The molecule has 0 bridgehead atoms. The topological polar surface area (TPSA) is 63.6 Å². The fourth-order valence-electron chi connectivity index (χ4n) is 3.89. The van der Waals surface area contributed by atoms with Crippen LogP contribution in [0.15, 0.2) is 39.5 Å². The van der Waals surface area contributed by atoms with Crippen LogP contribution < -0.4 is 0 Å². The normalized spacial score (nSPS) is 25.6. The van der Waals surface area contributed by atoms with Crippen molar-refractivity contribution in [2.24, 2.45) is 19.6 Å². The Morgan fingerprint density at radius 1 is 1.00 bits per heavy atom. The molecule has 1 aromatic rings. The number of hydrogen-bond acceptors (Lipinski definition) is 5. The van der Waals surface area contributed by atoms with Crippen LogP contribution in [-0.2, 0) is 0 Å². The van der Waals surface area contributed by atoms with E-state index in [-0.39, 0.29) is 16.7 Å². The van der Waals surface area contributed by atoms with E-state index < -0.39 is 22.2 Å². The first-order valence-corrected chi connectivity index (χ1v) is 13.0. The molecule has 3 rings (SSSR count). The highest BCUT2D eigenvalue weighted by Gasteiger charge is 2.36. The van der Waals surface area contributed by atoms with Crippen molar-refractivity contribution in [1.82, 2.24) is 10.1 Å². The van der Waals surface area contributed by atoms with Gasteiger partial charge in [-0.1, -0.05) is 71.6 Å². The first kappa shape index (κ1) is 22.3. The Kier molecular flexibility index (Phi) is 5.96. The van der Waals surface area contributed by atoms with E-state index in [4.69, 9.17) is 13.3 Å². The molecule has 2 aliphatic rings. The Balaban J connectivity index is 1.99. The van der Waals surface area contributed by atoms with Gasteiger partial charge < -0.3 is 4.52 Å². The molecule has 0 fully saturated rings. The molecule has 1 aromatic heterocycles. The molecule has 0 aliphatic carbocycles. The van der Waals surface area contributed by atoms with Crippen LogP contribution in [0.2, 0.25) is 0 Å². The Bertz CT molecular complexity index is 923. The minimum absolute atomic E-state index is 0.0154. The summed E-state index contributed by atoms with van der Waals surface area (Å²) in [5, 5.41) is 4.85. The van der Waals surface area contributed by atoms with Crippen LogP contribution >= 0.6 is 22.2 Å². The summed E-state index contributed by atoms with van der Waals surface area (Å²) in [6.07, 6.45) is 2.06. The lowest BCUT2D eigenvalue weighted by atomic mass is 9.92. The van der Waals surface area contributed by atoms with E-state index in [9.17, 15) is 0 Å². The van der Waals surface area contributed by atoms with Gasteiger partial charge in [0.2, 0.25) is 0 Å². The van der Waals surface area contributed by atoms with Gasteiger partial charge in [-0.25, -0.2) is 8.80 Å². The molecule has 0 spiro atoms. The molecule has 2 aliphatic heterocycles. The van der Waals surface area contributed by atoms with Crippen LogP contribution in [0.25, 0.3) is 0 Å². The van der Waals surface area contributed by atoms with E-state index in [1.54, 1.807) is 0 Å². The van der Waals surface area contributed by atoms with Gasteiger partial charge >= 0.3 is 0 Å². The summed E-state index contributed by atoms with van der Waals surface area (Å²) in [6.45, 7) is 22.2. The van der Waals surface area contributed by atoms with Crippen LogP contribution in [0.4, 0.5) is 0 Å². The zero-order valence-corrected chi connectivity index (χ0v) is 21.2. The van der Waals surface area contributed by atoms with E-state index in [0.717, 1.165) is 11.6 Å². The van der Waals surface area contributed by atoms with E-state index in [1.165, 1.54) is 26.7 Å². The lowest BCUT2D eigenvalue weighted by Crippen LogP contribution is -2.14. The molecular weight excluding hydrogens is 400 g/mol. The second-order valence-corrected chi connectivity index (χ2v) is 13.7. The number of nitrogens with zero attached hydrogens (tertiary/aromatic N) is 4. The van der Waals surface area contributed by atoms with Crippen LogP contribution in [0, 0.1) is 10.8 Å². The average molecular weight is 437 g/mol. The SMILES string of the molecule is CC1=N[SH](CC2=C(C(C)(C)C)[SH](c3nc(C(C)C)no3)N=C2)C(C(C)(C)C)=C1C. The molecule has 0 radical (unpaired) electrons. The lowest BCUT2D eigenvalue weighted by molar-refractivity contribution is 0.334. The standard InChI is InChI=1S/C22H36N4OS2/c1-13(2)19-24-20(27-25-19)29-18(22(8,9)10)16(11-23-29)12-28-17(21(5,6)7)14(3)15(4)26-28/h11,13,28-29H,12H2,1-10H3.